The van der Waals surface area contributed by atoms with Gasteiger partial charge in [-0.2, -0.15) is 5.10 Å². The lowest BCUT2D eigenvalue weighted by Gasteiger charge is -2.02. The van der Waals surface area contributed by atoms with Gasteiger partial charge in [0, 0.05) is 29.9 Å². The number of anilines is 1. The summed E-state index contributed by atoms with van der Waals surface area (Å²) in [7, 11) is 0. The molecule has 94 valence electrons. The highest BCUT2D eigenvalue weighted by atomic mass is 16.1. The number of nitrogens with one attached hydrogen (secondary N) is 2. The third-order valence-electron chi connectivity index (χ3n) is 2.71. The smallest absolute Gasteiger partial charge is 0.225 e. The summed E-state index contributed by atoms with van der Waals surface area (Å²) in [6, 6.07) is 3.80. The molecule has 2 aromatic heterocycles. The molecule has 5 heteroatoms. The Bertz CT molecular complexity index is 533. The number of pyridine rings is 1. The fourth-order valence-electron chi connectivity index (χ4n) is 1.74. The second-order valence-electron chi connectivity index (χ2n) is 4.11. The maximum Gasteiger partial charge on any atom is 0.225 e. The maximum absolute atomic E-state index is 11.5. The van der Waals surface area contributed by atoms with E-state index in [1.165, 1.54) is 0 Å². The minimum atomic E-state index is -0.00613. The Balaban J connectivity index is 2.22. The molecule has 2 N–H and O–H groups in total. The summed E-state index contributed by atoms with van der Waals surface area (Å²) in [6.07, 6.45) is 4.79. The minimum Gasteiger partial charge on any atom is -0.309 e. The number of hydrogen-bond acceptors (Lipinski definition) is 3. The maximum atomic E-state index is 11.5. The normalized spacial score (nSPS) is 10.3. The van der Waals surface area contributed by atoms with Gasteiger partial charge in [-0.05, 0) is 25.5 Å². The Morgan fingerprint density at radius 3 is 2.78 bits per heavy atom. The van der Waals surface area contributed by atoms with Gasteiger partial charge in [-0.3, -0.25) is 14.9 Å². The molecule has 18 heavy (non-hydrogen) atoms. The molecule has 0 aliphatic rings. The summed E-state index contributed by atoms with van der Waals surface area (Å²) >= 11 is 0. The van der Waals surface area contributed by atoms with Crippen molar-refractivity contribution in [1.82, 2.24) is 15.2 Å². The van der Waals surface area contributed by atoms with Gasteiger partial charge in [0.1, 0.15) is 0 Å². The topological polar surface area (TPSA) is 70.7 Å². The number of carbonyl (C=O) groups is 1. The van der Waals surface area contributed by atoms with Crippen molar-refractivity contribution in [2.45, 2.75) is 26.7 Å². The summed E-state index contributed by atoms with van der Waals surface area (Å²) in [6.45, 7) is 3.90. The molecule has 0 aliphatic heterocycles. The fraction of sp³-hybridized carbons (Fsp3) is 0.308. The van der Waals surface area contributed by atoms with Crippen molar-refractivity contribution in [3.63, 3.8) is 0 Å². The first-order valence-electron chi connectivity index (χ1n) is 5.97. The summed E-state index contributed by atoms with van der Waals surface area (Å²) < 4.78 is 0. The monoisotopic (exact) mass is 244 g/mol. The molecule has 2 rings (SSSR count). The summed E-state index contributed by atoms with van der Waals surface area (Å²) in [5, 5.41) is 9.89. The van der Waals surface area contributed by atoms with Crippen LogP contribution in [0.4, 0.5) is 5.82 Å². The predicted molar refractivity (Wildman–Crippen MR) is 70.1 cm³/mol. The Kier molecular flexibility index (Phi) is 3.72. The lowest BCUT2D eigenvalue weighted by atomic mass is 10.1. The van der Waals surface area contributed by atoms with E-state index in [4.69, 9.17) is 0 Å². The van der Waals surface area contributed by atoms with Gasteiger partial charge in [-0.25, -0.2) is 0 Å². The standard InChI is InChI=1S/C13H16N4O/c1-3-4-11(18)15-13-9(2)12(16-17-13)10-5-7-14-8-6-10/h5-8H,3-4H2,1-2H3,(H2,15,16,17,18). The fourth-order valence-corrected chi connectivity index (χ4v) is 1.74. The van der Waals surface area contributed by atoms with E-state index in [9.17, 15) is 4.79 Å². The molecule has 0 aliphatic carbocycles. The van der Waals surface area contributed by atoms with E-state index in [1.54, 1.807) is 12.4 Å². The number of nitrogens with zero attached hydrogens (tertiary/aromatic N) is 2. The molecule has 0 unspecified atom stereocenters. The van der Waals surface area contributed by atoms with Gasteiger partial charge in [0.15, 0.2) is 5.82 Å². The molecule has 0 bridgehead atoms. The molecule has 1 amide bonds. The Morgan fingerprint density at radius 2 is 2.11 bits per heavy atom. The van der Waals surface area contributed by atoms with Gasteiger partial charge in [0.2, 0.25) is 5.91 Å². The van der Waals surface area contributed by atoms with Crippen LogP contribution < -0.4 is 5.32 Å². The Hall–Kier alpha value is -2.17. The first kappa shape index (κ1) is 12.3. The first-order chi connectivity index (χ1) is 8.72. The van der Waals surface area contributed by atoms with Crippen LogP contribution in [-0.4, -0.2) is 21.1 Å². The Labute approximate surface area is 106 Å². The van der Waals surface area contributed by atoms with Crippen molar-refractivity contribution in [1.29, 1.82) is 0 Å². The summed E-state index contributed by atoms with van der Waals surface area (Å²) in [5.41, 5.74) is 2.85. The zero-order valence-electron chi connectivity index (χ0n) is 10.5. The largest absolute Gasteiger partial charge is 0.309 e. The van der Waals surface area contributed by atoms with E-state index in [0.29, 0.717) is 12.2 Å². The van der Waals surface area contributed by atoms with Crippen LogP contribution in [0.1, 0.15) is 25.3 Å². The quantitative estimate of drug-likeness (QED) is 0.868. The molecule has 0 radical (unpaired) electrons. The lowest BCUT2D eigenvalue weighted by Crippen LogP contribution is -2.11. The van der Waals surface area contributed by atoms with Crippen LogP contribution in [0.5, 0.6) is 0 Å². The van der Waals surface area contributed by atoms with Crippen LogP contribution >= 0.6 is 0 Å². The van der Waals surface area contributed by atoms with Crippen LogP contribution in [0, 0.1) is 6.92 Å². The molecule has 0 fully saturated rings. The number of hydrogen-bond donors (Lipinski definition) is 2. The highest BCUT2D eigenvalue weighted by molar-refractivity contribution is 5.91. The number of aromatic nitrogens is 3. The summed E-state index contributed by atoms with van der Waals surface area (Å²) in [4.78, 5) is 15.5. The molecule has 2 heterocycles. The lowest BCUT2D eigenvalue weighted by molar-refractivity contribution is -0.116. The van der Waals surface area contributed by atoms with E-state index >= 15 is 0 Å². The zero-order chi connectivity index (χ0) is 13.0. The van der Waals surface area contributed by atoms with Gasteiger partial charge in [0.05, 0.1) is 5.69 Å². The van der Waals surface area contributed by atoms with Crippen molar-refractivity contribution in [3.8, 4) is 11.3 Å². The van der Waals surface area contributed by atoms with Gasteiger partial charge in [-0.1, -0.05) is 6.92 Å². The van der Waals surface area contributed by atoms with E-state index in [1.807, 2.05) is 26.0 Å². The van der Waals surface area contributed by atoms with Crippen molar-refractivity contribution in [3.05, 3.63) is 30.1 Å². The van der Waals surface area contributed by atoms with E-state index < -0.39 is 0 Å². The second-order valence-corrected chi connectivity index (χ2v) is 4.11. The van der Waals surface area contributed by atoms with E-state index in [0.717, 1.165) is 23.2 Å². The van der Waals surface area contributed by atoms with E-state index in [-0.39, 0.29) is 5.91 Å². The number of carbonyl (C=O) groups excluding carboxylic acids is 1. The van der Waals surface area contributed by atoms with Crippen molar-refractivity contribution < 1.29 is 4.79 Å². The second kappa shape index (κ2) is 5.44. The molecule has 0 atom stereocenters. The number of amides is 1. The highest BCUT2D eigenvalue weighted by Crippen LogP contribution is 2.25. The van der Waals surface area contributed by atoms with Crippen molar-refractivity contribution in [2.24, 2.45) is 0 Å². The van der Waals surface area contributed by atoms with Crippen LogP contribution in [0.25, 0.3) is 11.3 Å². The van der Waals surface area contributed by atoms with Crippen molar-refractivity contribution >= 4 is 11.7 Å². The van der Waals surface area contributed by atoms with Crippen LogP contribution in [0.15, 0.2) is 24.5 Å². The molecule has 2 aromatic rings. The first-order valence-corrected chi connectivity index (χ1v) is 5.97. The van der Waals surface area contributed by atoms with Gasteiger partial charge >= 0.3 is 0 Å². The number of rotatable bonds is 4. The molecule has 5 nitrogen and oxygen atoms in total. The van der Waals surface area contributed by atoms with E-state index in [2.05, 4.69) is 20.5 Å². The number of aromatic amines is 1. The predicted octanol–water partition coefficient (Wildman–Crippen LogP) is 2.52. The van der Waals surface area contributed by atoms with Crippen LogP contribution in [0.2, 0.25) is 0 Å². The van der Waals surface area contributed by atoms with Crippen LogP contribution in [0.3, 0.4) is 0 Å². The molecule has 0 saturated carbocycles. The molecular formula is C13H16N4O. The van der Waals surface area contributed by atoms with Gasteiger partial charge < -0.3 is 5.32 Å². The van der Waals surface area contributed by atoms with Crippen LogP contribution in [-0.2, 0) is 4.79 Å². The zero-order valence-corrected chi connectivity index (χ0v) is 10.5. The molecule has 0 spiro atoms. The molecular weight excluding hydrogens is 228 g/mol. The SMILES string of the molecule is CCCC(=O)Nc1n[nH]c(-c2ccncc2)c1C. The molecule has 0 saturated heterocycles. The third-order valence-corrected chi connectivity index (χ3v) is 2.71. The number of H-pyrrole nitrogens is 1. The Morgan fingerprint density at radius 1 is 1.39 bits per heavy atom. The average molecular weight is 244 g/mol. The minimum absolute atomic E-state index is 0.00613. The summed E-state index contributed by atoms with van der Waals surface area (Å²) in [5.74, 6) is 0.591. The van der Waals surface area contributed by atoms with Gasteiger partial charge in [0.25, 0.3) is 0 Å². The van der Waals surface area contributed by atoms with Crippen molar-refractivity contribution in [2.75, 3.05) is 5.32 Å². The third kappa shape index (κ3) is 2.56. The van der Waals surface area contributed by atoms with Gasteiger partial charge in [-0.15, -0.1) is 0 Å². The highest BCUT2D eigenvalue weighted by Gasteiger charge is 2.12. The average Bonchev–Trinajstić information content (AvgIpc) is 2.72. The molecule has 0 aromatic carbocycles.